The molecule has 0 radical (unpaired) electrons. The molecular weight excluding hydrogens is 303 g/mol. The lowest BCUT2D eigenvalue weighted by atomic mass is 10.2. The molecule has 0 amide bonds. The predicted molar refractivity (Wildman–Crippen MR) is 75.9 cm³/mol. The molecule has 0 N–H and O–H groups in total. The van der Waals surface area contributed by atoms with Crippen molar-refractivity contribution in [1.82, 2.24) is 0 Å². The van der Waals surface area contributed by atoms with Gasteiger partial charge in [-0.3, -0.25) is 0 Å². The SMILES string of the molecule is CC[C@@H](CCI)O[Si](C)(C)C(C)(C)C. The summed E-state index contributed by atoms with van der Waals surface area (Å²) in [4.78, 5) is 0. The Balaban J connectivity index is 4.32. The van der Waals surface area contributed by atoms with E-state index in [-0.39, 0.29) is 0 Å². The van der Waals surface area contributed by atoms with Gasteiger partial charge >= 0.3 is 0 Å². The largest absolute Gasteiger partial charge is 0.414 e. The summed E-state index contributed by atoms with van der Waals surface area (Å²) in [5.74, 6) is 0. The molecule has 0 aliphatic carbocycles. The van der Waals surface area contributed by atoms with E-state index in [1.165, 1.54) is 10.8 Å². The third-order valence-electron chi connectivity index (χ3n) is 3.15. The maximum absolute atomic E-state index is 6.33. The number of rotatable bonds is 5. The summed E-state index contributed by atoms with van der Waals surface area (Å²) in [7, 11) is -1.53. The molecule has 0 saturated heterocycles. The summed E-state index contributed by atoms with van der Waals surface area (Å²) in [6.07, 6.45) is 2.83. The molecule has 86 valence electrons. The first kappa shape index (κ1) is 14.9. The van der Waals surface area contributed by atoms with Gasteiger partial charge in [-0.2, -0.15) is 0 Å². The first-order valence-corrected chi connectivity index (χ1v) is 9.91. The third kappa shape index (κ3) is 4.62. The minimum atomic E-state index is -1.53. The van der Waals surface area contributed by atoms with Crippen LogP contribution < -0.4 is 0 Å². The first-order chi connectivity index (χ1) is 6.24. The van der Waals surface area contributed by atoms with Gasteiger partial charge < -0.3 is 4.43 Å². The van der Waals surface area contributed by atoms with Crippen LogP contribution in [0.25, 0.3) is 0 Å². The van der Waals surface area contributed by atoms with Crippen molar-refractivity contribution in [3.63, 3.8) is 0 Å². The van der Waals surface area contributed by atoms with E-state index in [1.54, 1.807) is 0 Å². The summed E-state index contributed by atoms with van der Waals surface area (Å²) < 4.78 is 7.53. The van der Waals surface area contributed by atoms with Gasteiger partial charge in [0.25, 0.3) is 0 Å². The van der Waals surface area contributed by atoms with Crippen LogP contribution in [0.2, 0.25) is 18.1 Å². The van der Waals surface area contributed by atoms with E-state index in [2.05, 4.69) is 63.4 Å². The highest BCUT2D eigenvalue weighted by Crippen LogP contribution is 2.37. The van der Waals surface area contributed by atoms with Gasteiger partial charge in [-0.1, -0.05) is 50.3 Å². The van der Waals surface area contributed by atoms with E-state index in [0.29, 0.717) is 11.1 Å². The fourth-order valence-electron chi connectivity index (χ4n) is 1.06. The van der Waals surface area contributed by atoms with Crippen LogP contribution in [0.5, 0.6) is 0 Å². The molecule has 0 bridgehead atoms. The second-order valence-corrected chi connectivity index (χ2v) is 11.2. The Morgan fingerprint density at radius 3 is 2.07 bits per heavy atom. The van der Waals surface area contributed by atoms with Crippen LogP contribution in [0.15, 0.2) is 0 Å². The van der Waals surface area contributed by atoms with E-state index in [1.807, 2.05) is 0 Å². The molecule has 0 aromatic carbocycles. The zero-order chi connectivity index (χ0) is 11.4. The van der Waals surface area contributed by atoms with E-state index in [4.69, 9.17) is 4.43 Å². The van der Waals surface area contributed by atoms with Crippen LogP contribution >= 0.6 is 22.6 Å². The standard InChI is InChI=1S/C11H25IOSi/c1-7-10(8-9-12)13-14(5,6)11(2,3)4/h10H,7-9H2,1-6H3/t10-/m0/s1. The lowest BCUT2D eigenvalue weighted by Crippen LogP contribution is -2.43. The zero-order valence-electron chi connectivity index (χ0n) is 10.5. The molecular formula is C11H25IOSi. The topological polar surface area (TPSA) is 9.23 Å². The lowest BCUT2D eigenvalue weighted by Gasteiger charge is -2.39. The van der Waals surface area contributed by atoms with Gasteiger partial charge in [0.2, 0.25) is 0 Å². The maximum Gasteiger partial charge on any atom is 0.192 e. The molecule has 3 heteroatoms. The smallest absolute Gasteiger partial charge is 0.192 e. The minimum Gasteiger partial charge on any atom is -0.414 e. The van der Waals surface area contributed by atoms with E-state index in [0.717, 1.165) is 6.42 Å². The molecule has 0 aromatic rings. The number of alkyl halides is 1. The van der Waals surface area contributed by atoms with Crippen molar-refractivity contribution in [2.24, 2.45) is 0 Å². The Labute approximate surface area is 104 Å². The Kier molecular flexibility index (Phi) is 6.22. The monoisotopic (exact) mass is 328 g/mol. The highest BCUT2D eigenvalue weighted by Gasteiger charge is 2.38. The summed E-state index contributed by atoms with van der Waals surface area (Å²) in [6, 6.07) is 0. The molecule has 0 heterocycles. The lowest BCUT2D eigenvalue weighted by molar-refractivity contribution is 0.174. The number of hydrogen-bond acceptors (Lipinski definition) is 1. The zero-order valence-corrected chi connectivity index (χ0v) is 13.6. The Bertz CT molecular complexity index is 163. The molecule has 0 aromatic heterocycles. The fraction of sp³-hybridized carbons (Fsp3) is 1.00. The van der Waals surface area contributed by atoms with Crippen molar-refractivity contribution in [2.75, 3.05) is 4.43 Å². The van der Waals surface area contributed by atoms with Crippen molar-refractivity contribution < 1.29 is 4.43 Å². The average molecular weight is 328 g/mol. The van der Waals surface area contributed by atoms with Gasteiger partial charge in [-0.05, 0) is 31.0 Å². The van der Waals surface area contributed by atoms with Crippen LogP contribution in [-0.2, 0) is 4.43 Å². The Morgan fingerprint density at radius 2 is 1.79 bits per heavy atom. The third-order valence-corrected chi connectivity index (χ3v) is 8.31. The van der Waals surface area contributed by atoms with E-state index in [9.17, 15) is 0 Å². The minimum absolute atomic E-state index is 0.339. The van der Waals surface area contributed by atoms with E-state index < -0.39 is 8.32 Å². The number of halogens is 1. The normalized spacial score (nSPS) is 15.6. The summed E-state index contributed by atoms with van der Waals surface area (Å²) in [6.45, 7) is 13.8. The summed E-state index contributed by atoms with van der Waals surface area (Å²) >= 11 is 2.43. The molecule has 0 aliphatic rings. The second-order valence-electron chi connectivity index (χ2n) is 5.39. The van der Waals surface area contributed by atoms with E-state index >= 15 is 0 Å². The quantitative estimate of drug-likeness (QED) is 0.407. The molecule has 0 saturated carbocycles. The molecule has 0 unspecified atom stereocenters. The molecule has 14 heavy (non-hydrogen) atoms. The molecule has 1 atom stereocenters. The molecule has 1 nitrogen and oxygen atoms in total. The Hall–Kier alpha value is 0.907. The first-order valence-electron chi connectivity index (χ1n) is 5.48. The van der Waals surface area contributed by atoms with Gasteiger partial charge in [-0.15, -0.1) is 0 Å². The highest BCUT2D eigenvalue weighted by atomic mass is 127. The molecule has 0 aliphatic heterocycles. The van der Waals surface area contributed by atoms with Crippen LogP contribution in [-0.4, -0.2) is 18.8 Å². The van der Waals surface area contributed by atoms with Gasteiger partial charge in [0, 0.05) is 10.5 Å². The predicted octanol–water partition coefficient (Wildman–Crippen LogP) is 4.61. The highest BCUT2D eigenvalue weighted by molar-refractivity contribution is 14.1. The van der Waals surface area contributed by atoms with Gasteiger partial charge in [-0.25, -0.2) is 0 Å². The second kappa shape index (κ2) is 5.85. The summed E-state index contributed by atoms with van der Waals surface area (Å²) in [5, 5.41) is 0.339. The van der Waals surface area contributed by atoms with Crippen molar-refractivity contribution in [3.8, 4) is 0 Å². The van der Waals surface area contributed by atoms with Crippen LogP contribution in [0.1, 0.15) is 40.5 Å². The van der Waals surface area contributed by atoms with Crippen LogP contribution in [0, 0.1) is 0 Å². The van der Waals surface area contributed by atoms with Crippen molar-refractivity contribution >= 4 is 30.9 Å². The molecule has 0 fully saturated rings. The Morgan fingerprint density at radius 1 is 1.29 bits per heavy atom. The van der Waals surface area contributed by atoms with Crippen molar-refractivity contribution in [2.45, 2.75) is 64.8 Å². The van der Waals surface area contributed by atoms with Gasteiger partial charge in [0.15, 0.2) is 8.32 Å². The van der Waals surface area contributed by atoms with Gasteiger partial charge in [0.05, 0.1) is 0 Å². The van der Waals surface area contributed by atoms with Crippen molar-refractivity contribution in [3.05, 3.63) is 0 Å². The molecule has 0 rings (SSSR count). The van der Waals surface area contributed by atoms with Crippen molar-refractivity contribution in [1.29, 1.82) is 0 Å². The molecule has 0 spiro atoms. The van der Waals surface area contributed by atoms with Crippen LogP contribution in [0.3, 0.4) is 0 Å². The fourth-order valence-corrected chi connectivity index (χ4v) is 3.23. The summed E-state index contributed by atoms with van der Waals surface area (Å²) in [5.41, 5.74) is 0. The maximum atomic E-state index is 6.33. The average Bonchev–Trinajstić information content (AvgIpc) is 2.01. The number of hydrogen-bond donors (Lipinski definition) is 0. The van der Waals surface area contributed by atoms with Crippen LogP contribution in [0.4, 0.5) is 0 Å². The van der Waals surface area contributed by atoms with Gasteiger partial charge in [0.1, 0.15) is 0 Å².